The van der Waals surface area contributed by atoms with Gasteiger partial charge < -0.3 is 9.88 Å². The van der Waals surface area contributed by atoms with E-state index in [0.717, 1.165) is 11.4 Å². The third kappa shape index (κ3) is 2.16. The zero-order chi connectivity index (χ0) is 13.4. The summed E-state index contributed by atoms with van der Waals surface area (Å²) in [7, 11) is 2.08. The smallest absolute Gasteiger partial charge is 0.0961 e. The molecule has 1 aromatic heterocycles. The molecule has 4 atom stereocenters. The number of benzene rings is 1. The maximum absolute atomic E-state index is 4.55. The summed E-state index contributed by atoms with van der Waals surface area (Å²) in [6.07, 6.45) is 4.57. The minimum absolute atomic E-state index is 0.508. The SMILES string of the molecule is CNC1CC(C)CC(C)C1n1cnc2ccccc21. The van der Waals surface area contributed by atoms with Gasteiger partial charge in [0.15, 0.2) is 0 Å². The molecule has 0 spiro atoms. The summed E-state index contributed by atoms with van der Waals surface area (Å²) in [4.78, 5) is 4.55. The quantitative estimate of drug-likeness (QED) is 0.895. The van der Waals surface area contributed by atoms with Crippen LogP contribution < -0.4 is 5.32 Å². The number of imidazole rings is 1. The van der Waals surface area contributed by atoms with Crippen LogP contribution >= 0.6 is 0 Å². The van der Waals surface area contributed by atoms with Crippen LogP contribution in [0.25, 0.3) is 11.0 Å². The van der Waals surface area contributed by atoms with E-state index >= 15 is 0 Å². The van der Waals surface area contributed by atoms with Gasteiger partial charge in [0.1, 0.15) is 0 Å². The van der Waals surface area contributed by atoms with Crippen LogP contribution in [0.1, 0.15) is 32.7 Å². The summed E-state index contributed by atoms with van der Waals surface area (Å²) >= 11 is 0. The Morgan fingerprint density at radius 3 is 2.79 bits per heavy atom. The van der Waals surface area contributed by atoms with Crippen molar-refractivity contribution < 1.29 is 0 Å². The van der Waals surface area contributed by atoms with Crippen molar-refractivity contribution in [1.29, 1.82) is 0 Å². The van der Waals surface area contributed by atoms with Crippen LogP contribution in [-0.2, 0) is 0 Å². The molecule has 0 radical (unpaired) electrons. The van der Waals surface area contributed by atoms with Gasteiger partial charge in [-0.3, -0.25) is 0 Å². The predicted molar refractivity (Wildman–Crippen MR) is 79.2 cm³/mol. The molecule has 0 amide bonds. The minimum Gasteiger partial charge on any atom is -0.326 e. The van der Waals surface area contributed by atoms with Crippen LogP contribution in [0.4, 0.5) is 0 Å². The average Bonchev–Trinajstić information content (AvgIpc) is 2.81. The van der Waals surface area contributed by atoms with Gasteiger partial charge in [-0.2, -0.15) is 0 Å². The van der Waals surface area contributed by atoms with E-state index in [-0.39, 0.29) is 0 Å². The molecular formula is C16H23N3. The fourth-order valence-corrected chi connectivity index (χ4v) is 3.81. The molecule has 0 bridgehead atoms. The first-order chi connectivity index (χ1) is 9.20. The van der Waals surface area contributed by atoms with Crippen molar-refractivity contribution in [2.45, 2.75) is 38.8 Å². The highest BCUT2D eigenvalue weighted by Crippen LogP contribution is 2.38. The van der Waals surface area contributed by atoms with Crippen molar-refractivity contribution in [3.8, 4) is 0 Å². The maximum Gasteiger partial charge on any atom is 0.0961 e. The van der Waals surface area contributed by atoms with Crippen molar-refractivity contribution in [1.82, 2.24) is 14.9 Å². The molecule has 1 aliphatic rings. The van der Waals surface area contributed by atoms with Gasteiger partial charge in [0.2, 0.25) is 0 Å². The summed E-state index contributed by atoms with van der Waals surface area (Å²) in [6, 6.07) is 9.48. The number of para-hydroxylation sites is 2. The lowest BCUT2D eigenvalue weighted by atomic mass is 9.76. The number of hydrogen-bond acceptors (Lipinski definition) is 2. The molecule has 1 heterocycles. The van der Waals surface area contributed by atoms with Crippen LogP contribution in [0.2, 0.25) is 0 Å². The van der Waals surface area contributed by atoms with Gasteiger partial charge in [0.25, 0.3) is 0 Å². The maximum atomic E-state index is 4.55. The van der Waals surface area contributed by atoms with Gasteiger partial charge >= 0.3 is 0 Å². The van der Waals surface area contributed by atoms with Crippen LogP contribution in [0.3, 0.4) is 0 Å². The first-order valence-corrected chi connectivity index (χ1v) is 7.29. The zero-order valence-electron chi connectivity index (χ0n) is 12.0. The molecule has 19 heavy (non-hydrogen) atoms. The standard InChI is InChI=1S/C16H23N3/c1-11-8-12(2)16(14(9-11)17-3)19-10-18-13-6-4-5-7-15(13)19/h4-7,10-12,14,16-17H,8-9H2,1-3H3. The lowest BCUT2D eigenvalue weighted by molar-refractivity contribution is 0.162. The summed E-state index contributed by atoms with van der Waals surface area (Å²) < 4.78 is 2.38. The molecule has 102 valence electrons. The number of hydrogen-bond donors (Lipinski definition) is 1. The van der Waals surface area contributed by atoms with Crippen LogP contribution in [0, 0.1) is 11.8 Å². The zero-order valence-corrected chi connectivity index (χ0v) is 12.0. The molecule has 1 saturated carbocycles. The second-order valence-electron chi connectivity index (χ2n) is 6.08. The first kappa shape index (κ1) is 12.7. The van der Waals surface area contributed by atoms with Crippen molar-refractivity contribution >= 4 is 11.0 Å². The summed E-state index contributed by atoms with van der Waals surface area (Å²) in [6.45, 7) is 4.74. The molecule has 4 unspecified atom stereocenters. The number of nitrogens with one attached hydrogen (secondary N) is 1. The highest BCUT2D eigenvalue weighted by Gasteiger charge is 2.34. The van der Waals surface area contributed by atoms with Crippen LogP contribution in [0.15, 0.2) is 30.6 Å². The van der Waals surface area contributed by atoms with Gasteiger partial charge in [0.05, 0.1) is 23.4 Å². The van der Waals surface area contributed by atoms with Crippen LogP contribution in [-0.4, -0.2) is 22.6 Å². The monoisotopic (exact) mass is 257 g/mol. The molecule has 1 aliphatic carbocycles. The molecular weight excluding hydrogens is 234 g/mol. The van der Waals surface area contributed by atoms with Gasteiger partial charge in [-0.1, -0.05) is 26.0 Å². The van der Waals surface area contributed by atoms with Crippen molar-refractivity contribution in [3.63, 3.8) is 0 Å². The van der Waals surface area contributed by atoms with Crippen molar-refractivity contribution in [2.75, 3.05) is 7.05 Å². The normalized spacial score (nSPS) is 31.7. The number of nitrogens with zero attached hydrogens (tertiary/aromatic N) is 2. The van der Waals surface area contributed by atoms with Gasteiger partial charge in [-0.15, -0.1) is 0 Å². The molecule has 3 heteroatoms. The van der Waals surface area contributed by atoms with E-state index in [1.165, 1.54) is 18.4 Å². The topological polar surface area (TPSA) is 29.9 Å². The lowest BCUT2D eigenvalue weighted by Crippen LogP contribution is -2.43. The Bertz CT molecular complexity index is 560. The second-order valence-corrected chi connectivity index (χ2v) is 6.08. The Labute approximate surface area is 115 Å². The van der Waals surface area contributed by atoms with E-state index in [4.69, 9.17) is 0 Å². The number of likely N-dealkylation sites (N-methyl/N-ethyl adjacent to an activating group) is 1. The largest absolute Gasteiger partial charge is 0.326 e. The van der Waals surface area contributed by atoms with E-state index < -0.39 is 0 Å². The Kier molecular flexibility index (Phi) is 3.31. The van der Waals surface area contributed by atoms with Gasteiger partial charge in [0, 0.05) is 6.04 Å². The molecule has 0 aliphatic heterocycles. The molecule has 3 rings (SSSR count). The average molecular weight is 257 g/mol. The number of aromatic nitrogens is 2. The third-order valence-corrected chi connectivity index (χ3v) is 4.60. The molecule has 0 saturated heterocycles. The summed E-state index contributed by atoms with van der Waals surface area (Å²) in [5, 5.41) is 3.52. The minimum atomic E-state index is 0.508. The molecule has 1 fully saturated rings. The molecule has 1 aromatic carbocycles. The van der Waals surface area contributed by atoms with Crippen molar-refractivity contribution in [2.24, 2.45) is 11.8 Å². The molecule has 3 nitrogen and oxygen atoms in total. The van der Waals surface area contributed by atoms with E-state index in [1.807, 2.05) is 6.33 Å². The lowest BCUT2D eigenvalue weighted by Gasteiger charge is -2.40. The Morgan fingerprint density at radius 2 is 2.00 bits per heavy atom. The Hall–Kier alpha value is -1.35. The fourth-order valence-electron chi connectivity index (χ4n) is 3.81. The van der Waals surface area contributed by atoms with Crippen molar-refractivity contribution in [3.05, 3.63) is 30.6 Å². The fraction of sp³-hybridized carbons (Fsp3) is 0.562. The van der Waals surface area contributed by atoms with E-state index in [9.17, 15) is 0 Å². The van der Waals surface area contributed by atoms with E-state index in [0.29, 0.717) is 18.0 Å². The summed E-state index contributed by atoms with van der Waals surface area (Å²) in [5.41, 5.74) is 2.36. The summed E-state index contributed by atoms with van der Waals surface area (Å²) in [5.74, 6) is 1.48. The van der Waals surface area contributed by atoms with Gasteiger partial charge in [-0.25, -0.2) is 4.98 Å². The Balaban J connectivity index is 2.03. The Morgan fingerprint density at radius 1 is 1.21 bits per heavy atom. The van der Waals surface area contributed by atoms with E-state index in [2.05, 4.69) is 60.0 Å². The second kappa shape index (κ2) is 4.97. The molecule has 2 aromatic rings. The predicted octanol–water partition coefficient (Wildman–Crippen LogP) is 3.23. The first-order valence-electron chi connectivity index (χ1n) is 7.29. The number of fused-ring (bicyclic) bond motifs is 1. The van der Waals surface area contributed by atoms with Gasteiger partial charge in [-0.05, 0) is 43.9 Å². The molecule has 1 N–H and O–H groups in total. The van der Waals surface area contributed by atoms with Crippen LogP contribution in [0.5, 0.6) is 0 Å². The highest BCUT2D eigenvalue weighted by atomic mass is 15.1. The van der Waals surface area contributed by atoms with E-state index in [1.54, 1.807) is 0 Å². The number of rotatable bonds is 2. The third-order valence-electron chi connectivity index (χ3n) is 4.60. The highest BCUT2D eigenvalue weighted by molar-refractivity contribution is 5.75.